The molecule has 0 amide bonds. The Bertz CT molecular complexity index is 1340. The van der Waals surface area contributed by atoms with Gasteiger partial charge in [-0.1, -0.05) is 35.3 Å². The molecule has 3 aromatic carbocycles. The van der Waals surface area contributed by atoms with E-state index in [1.54, 1.807) is 44.6 Å². The third kappa shape index (κ3) is 4.69. The zero-order chi connectivity index (χ0) is 24.5. The smallest absolute Gasteiger partial charge is 0.231 e. The summed E-state index contributed by atoms with van der Waals surface area (Å²) in [5.74, 6) is 2.56. The molecule has 3 aromatic rings. The van der Waals surface area contributed by atoms with Crippen LogP contribution in [-0.2, 0) is 13.0 Å². The highest BCUT2D eigenvalue weighted by Crippen LogP contribution is 2.42. The van der Waals surface area contributed by atoms with Gasteiger partial charge in [-0.15, -0.1) is 0 Å². The van der Waals surface area contributed by atoms with Gasteiger partial charge in [0.2, 0.25) is 5.78 Å². The number of fused-ring (bicyclic) bond motifs is 3. The van der Waals surface area contributed by atoms with Crippen LogP contribution in [0.5, 0.6) is 23.0 Å². The summed E-state index contributed by atoms with van der Waals surface area (Å²) >= 11 is 12.3. The molecule has 2 aliphatic heterocycles. The zero-order valence-electron chi connectivity index (χ0n) is 19.3. The minimum absolute atomic E-state index is 0.164. The predicted molar refractivity (Wildman–Crippen MR) is 135 cm³/mol. The highest BCUT2D eigenvalue weighted by Gasteiger charge is 2.33. The standard InChI is InChI=1S/C27H23Cl2NO5/c1-32-23-7-3-16(11-24(23)33-2)12-25-26(31)19-6-8-22-20(27(19)35-25)14-30(15-34-22)10-9-17-4-5-18(28)13-21(17)29/h3-8,11-13H,9-10,14-15H2,1-2H3/b25-12-. The molecule has 2 aliphatic rings. The van der Waals surface area contributed by atoms with E-state index in [1.807, 2.05) is 24.3 Å². The van der Waals surface area contributed by atoms with Gasteiger partial charge in [-0.25, -0.2) is 0 Å². The lowest BCUT2D eigenvalue weighted by Crippen LogP contribution is -2.33. The average molecular weight is 512 g/mol. The van der Waals surface area contributed by atoms with Crippen molar-refractivity contribution in [2.75, 3.05) is 27.5 Å². The lowest BCUT2D eigenvalue weighted by Gasteiger charge is -2.29. The molecule has 0 aromatic heterocycles. The molecule has 0 saturated heterocycles. The van der Waals surface area contributed by atoms with Gasteiger partial charge < -0.3 is 18.9 Å². The fraction of sp³-hybridized carbons (Fsp3) is 0.222. The third-order valence-electron chi connectivity index (χ3n) is 6.10. The molecule has 2 heterocycles. The van der Waals surface area contributed by atoms with Crippen LogP contribution in [0.1, 0.15) is 27.0 Å². The van der Waals surface area contributed by atoms with Crippen LogP contribution in [0.25, 0.3) is 6.08 Å². The van der Waals surface area contributed by atoms with Crippen molar-refractivity contribution in [3.05, 3.63) is 86.6 Å². The number of hydrogen-bond donors (Lipinski definition) is 0. The Morgan fingerprint density at radius 3 is 2.63 bits per heavy atom. The molecule has 8 heteroatoms. The van der Waals surface area contributed by atoms with Crippen LogP contribution >= 0.6 is 23.2 Å². The van der Waals surface area contributed by atoms with Gasteiger partial charge in [0.25, 0.3) is 0 Å². The minimum atomic E-state index is -0.164. The van der Waals surface area contributed by atoms with Crippen LogP contribution in [0.4, 0.5) is 0 Å². The third-order valence-corrected chi connectivity index (χ3v) is 6.69. The van der Waals surface area contributed by atoms with E-state index in [4.69, 9.17) is 42.1 Å². The molecule has 0 radical (unpaired) electrons. The summed E-state index contributed by atoms with van der Waals surface area (Å²) in [5.41, 5.74) is 3.18. The van der Waals surface area contributed by atoms with Crippen molar-refractivity contribution in [3.63, 3.8) is 0 Å². The number of methoxy groups -OCH3 is 2. The highest BCUT2D eigenvalue weighted by atomic mass is 35.5. The van der Waals surface area contributed by atoms with Crippen LogP contribution in [0, 0.1) is 0 Å². The number of Topliss-reactive ketones (excluding diaryl/α,β-unsaturated/α-hetero) is 1. The SMILES string of the molecule is COc1ccc(/C=C2\Oc3c(ccc4c3CN(CCc3ccc(Cl)cc3Cl)CO4)C2=O)cc1OC. The van der Waals surface area contributed by atoms with Crippen molar-refractivity contribution in [2.45, 2.75) is 13.0 Å². The Labute approximate surface area is 213 Å². The second-order valence-corrected chi connectivity index (χ2v) is 9.13. The van der Waals surface area contributed by atoms with Crippen molar-refractivity contribution in [1.29, 1.82) is 0 Å². The van der Waals surface area contributed by atoms with Crippen LogP contribution in [0.15, 0.2) is 54.3 Å². The average Bonchev–Trinajstić information content (AvgIpc) is 3.18. The monoisotopic (exact) mass is 511 g/mol. The molecule has 0 bridgehead atoms. The van der Waals surface area contributed by atoms with Crippen LogP contribution < -0.4 is 18.9 Å². The lowest BCUT2D eigenvalue weighted by atomic mass is 10.0. The van der Waals surface area contributed by atoms with Crippen LogP contribution in [0.3, 0.4) is 0 Å². The van der Waals surface area contributed by atoms with Gasteiger partial charge in [-0.3, -0.25) is 9.69 Å². The first-order chi connectivity index (χ1) is 17.0. The maximum Gasteiger partial charge on any atom is 0.231 e. The summed E-state index contributed by atoms with van der Waals surface area (Å²) in [7, 11) is 3.15. The van der Waals surface area contributed by atoms with E-state index in [0.717, 1.165) is 35.4 Å². The maximum absolute atomic E-state index is 13.1. The van der Waals surface area contributed by atoms with Crippen molar-refractivity contribution in [3.8, 4) is 23.0 Å². The number of carbonyl (C=O) groups excluding carboxylic acids is 1. The predicted octanol–water partition coefficient (Wildman–Crippen LogP) is 6.02. The molecular formula is C27H23Cl2NO5. The number of carbonyl (C=O) groups is 1. The molecular weight excluding hydrogens is 489 g/mol. The van der Waals surface area contributed by atoms with Gasteiger partial charge in [-0.05, 0) is 60.0 Å². The van der Waals surface area contributed by atoms with Gasteiger partial charge in [0.15, 0.2) is 17.3 Å². The fourth-order valence-electron chi connectivity index (χ4n) is 4.24. The Morgan fingerprint density at radius 2 is 1.86 bits per heavy atom. The second-order valence-electron chi connectivity index (χ2n) is 8.28. The number of hydrogen-bond acceptors (Lipinski definition) is 6. The lowest BCUT2D eigenvalue weighted by molar-refractivity contribution is 0.0950. The molecule has 0 atom stereocenters. The van der Waals surface area contributed by atoms with E-state index >= 15 is 0 Å². The summed E-state index contributed by atoms with van der Waals surface area (Å²) < 4.78 is 22.7. The minimum Gasteiger partial charge on any atom is -0.493 e. The molecule has 0 fully saturated rings. The van der Waals surface area contributed by atoms with E-state index < -0.39 is 0 Å². The van der Waals surface area contributed by atoms with Gasteiger partial charge in [-0.2, -0.15) is 0 Å². The number of halogens is 2. The Hall–Kier alpha value is -3.19. The number of benzene rings is 3. The molecule has 180 valence electrons. The Morgan fingerprint density at radius 1 is 1.03 bits per heavy atom. The summed E-state index contributed by atoms with van der Waals surface area (Å²) in [6.45, 7) is 1.77. The maximum atomic E-state index is 13.1. The molecule has 0 spiro atoms. The number of ether oxygens (including phenoxy) is 4. The van der Waals surface area contributed by atoms with E-state index in [2.05, 4.69) is 4.90 Å². The van der Waals surface area contributed by atoms with Crippen LogP contribution in [-0.4, -0.2) is 38.2 Å². The Balaban J connectivity index is 1.36. The van der Waals surface area contributed by atoms with Gasteiger partial charge >= 0.3 is 0 Å². The summed E-state index contributed by atoms with van der Waals surface area (Å²) in [6.07, 6.45) is 2.45. The zero-order valence-corrected chi connectivity index (χ0v) is 20.8. The van der Waals surface area contributed by atoms with E-state index in [9.17, 15) is 4.79 Å². The second kappa shape index (κ2) is 9.82. The van der Waals surface area contributed by atoms with Crippen molar-refractivity contribution in [1.82, 2.24) is 4.90 Å². The summed E-state index contributed by atoms with van der Waals surface area (Å²) in [5, 5.41) is 1.26. The quantitative estimate of drug-likeness (QED) is 0.377. The Kier molecular flexibility index (Phi) is 6.60. The molecule has 0 aliphatic carbocycles. The first kappa shape index (κ1) is 23.5. The molecule has 6 nitrogen and oxygen atoms in total. The normalized spacial score (nSPS) is 15.9. The molecule has 35 heavy (non-hydrogen) atoms. The van der Waals surface area contributed by atoms with Crippen molar-refractivity contribution >= 4 is 35.1 Å². The molecule has 0 N–H and O–H groups in total. The number of allylic oxidation sites excluding steroid dienone is 1. The summed E-state index contributed by atoms with van der Waals surface area (Å²) in [6, 6.07) is 14.6. The largest absolute Gasteiger partial charge is 0.493 e. The van der Waals surface area contributed by atoms with E-state index in [0.29, 0.717) is 46.1 Å². The van der Waals surface area contributed by atoms with Gasteiger partial charge in [0.05, 0.1) is 25.3 Å². The topological polar surface area (TPSA) is 57.2 Å². The van der Waals surface area contributed by atoms with E-state index in [-0.39, 0.29) is 11.5 Å². The molecule has 0 saturated carbocycles. The molecule has 5 rings (SSSR count). The van der Waals surface area contributed by atoms with Gasteiger partial charge in [0.1, 0.15) is 18.2 Å². The van der Waals surface area contributed by atoms with E-state index in [1.165, 1.54) is 0 Å². The number of ketones is 1. The first-order valence-corrected chi connectivity index (χ1v) is 11.8. The highest BCUT2D eigenvalue weighted by molar-refractivity contribution is 6.35. The molecule has 0 unspecified atom stereocenters. The van der Waals surface area contributed by atoms with Crippen molar-refractivity contribution in [2.24, 2.45) is 0 Å². The van der Waals surface area contributed by atoms with Crippen molar-refractivity contribution < 1.29 is 23.7 Å². The van der Waals surface area contributed by atoms with Gasteiger partial charge in [0, 0.05) is 23.1 Å². The number of nitrogens with zero attached hydrogens (tertiary/aromatic N) is 1. The van der Waals surface area contributed by atoms with Crippen LogP contribution in [0.2, 0.25) is 10.0 Å². The number of rotatable bonds is 6. The summed E-state index contributed by atoms with van der Waals surface area (Å²) in [4.78, 5) is 15.2. The fourth-order valence-corrected chi connectivity index (χ4v) is 4.75. The first-order valence-electron chi connectivity index (χ1n) is 11.1.